The highest BCUT2D eigenvalue weighted by Crippen LogP contribution is 2.27. The van der Waals surface area contributed by atoms with Gasteiger partial charge in [0.1, 0.15) is 0 Å². The van der Waals surface area contributed by atoms with Gasteiger partial charge < -0.3 is 34.4 Å². The Balaban J connectivity index is 0.000000222. The summed E-state index contributed by atoms with van der Waals surface area (Å²) in [5.74, 6) is -7.88. The zero-order valence-corrected chi connectivity index (χ0v) is 17.5. The van der Waals surface area contributed by atoms with Crippen LogP contribution in [0.2, 0.25) is 0 Å². The number of hydrogen-bond donors (Lipinski definition) is 5. The maximum Gasteiger partial charge on any atom is 0.347 e. The minimum atomic E-state index is -1.88. The molecule has 188 valence electrons. The number of furan rings is 2. The third kappa shape index (κ3) is 4.32. The molecule has 0 amide bonds. The minimum absolute atomic E-state index is 0.368. The predicted molar refractivity (Wildman–Crippen MR) is 115 cm³/mol. The normalized spacial score (nSPS) is 10.6. The molecule has 16 nitrogen and oxygen atoms in total. The summed E-state index contributed by atoms with van der Waals surface area (Å²) in [6, 6.07) is 2.70. The van der Waals surface area contributed by atoms with E-state index in [9.17, 15) is 43.2 Å². The van der Waals surface area contributed by atoms with Crippen LogP contribution in [0.1, 0.15) is 51.8 Å². The quantitative estimate of drug-likeness (QED) is 0.227. The fraction of sp³-hybridized carbons (Fsp3) is 0. The van der Waals surface area contributed by atoms with E-state index in [2.05, 4.69) is 8.83 Å². The number of fused-ring (bicyclic) bond motifs is 3. The molecule has 2 heterocycles. The predicted octanol–water partition coefficient (Wildman–Crippen LogP) is -0.327. The Hall–Kier alpha value is -5.93. The molecule has 5 N–H and O–H groups in total. The molecular formula is C21H8O16. The van der Waals surface area contributed by atoms with E-state index in [1.807, 2.05) is 0 Å². The van der Waals surface area contributed by atoms with Gasteiger partial charge in [0.15, 0.2) is 0 Å². The number of rotatable bonds is 5. The van der Waals surface area contributed by atoms with Gasteiger partial charge in [-0.15, -0.1) is 0 Å². The van der Waals surface area contributed by atoms with Crippen LogP contribution in [-0.2, 0) is 0 Å². The van der Waals surface area contributed by atoms with Crippen molar-refractivity contribution in [2.24, 2.45) is 0 Å². The van der Waals surface area contributed by atoms with Crippen molar-refractivity contribution >= 4 is 51.4 Å². The van der Waals surface area contributed by atoms with Crippen LogP contribution in [-0.4, -0.2) is 55.4 Å². The number of carboxylic acid groups (broad SMARTS) is 5. The van der Waals surface area contributed by atoms with Crippen molar-refractivity contribution in [3.63, 3.8) is 0 Å². The molecule has 0 radical (unpaired) electrons. The van der Waals surface area contributed by atoms with Gasteiger partial charge in [-0.1, -0.05) is 0 Å². The van der Waals surface area contributed by atoms with Crippen molar-refractivity contribution in [1.29, 1.82) is 0 Å². The number of hydrogen-bond acceptors (Lipinski definition) is 11. The Morgan fingerprint density at radius 3 is 0.892 bits per heavy atom. The fourth-order valence-corrected chi connectivity index (χ4v) is 3.36. The minimum Gasteiger partial charge on any atom is -0.478 e. The first-order valence-corrected chi connectivity index (χ1v) is 9.25. The van der Waals surface area contributed by atoms with Gasteiger partial charge in [0.2, 0.25) is 0 Å². The standard InChI is InChI=1S/C12H2O10.C9H6O6/c13-7(14)1-2(8(15)16)4-6(12(20)22-10(4)18)5-3(1)9(17)21-11(5)19;10-7(11)4-1-5(8(12)13)3-6(2-4)9(14)15/h(H,13,14)(H,15,16);1-3H,(H,10,11)(H,12,13)(H,14,15). The summed E-state index contributed by atoms with van der Waals surface area (Å²) in [4.78, 5) is 101. The van der Waals surface area contributed by atoms with Crippen LogP contribution < -0.4 is 22.5 Å². The van der Waals surface area contributed by atoms with Gasteiger partial charge in [0.05, 0.1) is 49.4 Å². The average molecular weight is 516 g/mol. The lowest BCUT2D eigenvalue weighted by Gasteiger charge is -2.02. The lowest BCUT2D eigenvalue weighted by Crippen LogP contribution is -2.15. The molecule has 0 saturated heterocycles. The molecular weight excluding hydrogens is 508 g/mol. The van der Waals surface area contributed by atoms with E-state index < -0.39 is 85.0 Å². The van der Waals surface area contributed by atoms with Gasteiger partial charge in [-0.25, -0.2) is 43.2 Å². The third-order valence-corrected chi connectivity index (χ3v) is 4.79. The Morgan fingerprint density at radius 2 is 0.676 bits per heavy atom. The first-order chi connectivity index (χ1) is 17.2. The second-order valence-corrected chi connectivity index (χ2v) is 6.93. The summed E-state index contributed by atoms with van der Waals surface area (Å²) in [5.41, 5.74) is -8.88. The second kappa shape index (κ2) is 9.02. The highest BCUT2D eigenvalue weighted by molar-refractivity contribution is 6.23. The van der Waals surface area contributed by atoms with Gasteiger partial charge >= 0.3 is 52.3 Å². The Kier molecular flexibility index (Phi) is 6.26. The Bertz CT molecular complexity index is 1720. The SMILES string of the molecule is O=C(O)c1c(C(=O)O)c2c(=O)oc(=O)c2c2c(=O)oc(=O)c12.O=C(O)c1cc(C(=O)O)cc(C(=O)O)c1. The van der Waals surface area contributed by atoms with Crippen LogP contribution in [0.3, 0.4) is 0 Å². The summed E-state index contributed by atoms with van der Waals surface area (Å²) in [6.45, 7) is 0. The van der Waals surface area contributed by atoms with Gasteiger partial charge in [0, 0.05) is 0 Å². The van der Waals surface area contributed by atoms with Crippen molar-refractivity contribution in [2.45, 2.75) is 0 Å². The second-order valence-electron chi connectivity index (χ2n) is 6.93. The summed E-state index contributed by atoms with van der Waals surface area (Å²) in [6.07, 6.45) is 0. The van der Waals surface area contributed by atoms with E-state index >= 15 is 0 Å². The van der Waals surface area contributed by atoms with Crippen LogP contribution >= 0.6 is 0 Å². The molecule has 0 aliphatic carbocycles. The van der Waals surface area contributed by atoms with E-state index in [1.165, 1.54) is 0 Å². The average Bonchev–Trinajstić information content (AvgIpc) is 3.26. The zero-order chi connectivity index (χ0) is 27.9. The number of aromatic carboxylic acids is 5. The van der Waals surface area contributed by atoms with Gasteiger partial charge in [0.25, 0.3) is 0 Å². The molecule has 0 bridgehead atoms. The van der Waals surface area contributed by atoms with E-state index in [-0.39, 0.29) is 16.7 Å². The molecule has 4 aromatic rings. The largest absolute Gasteiger partial charge is 0.478 e. The Morgan fingerprint density at radius 1 is 0.432 bits per heavy atom. The van der Waals surface area contributed by atoms with Crippen molar-refractivity contribution in [2.75, 3.05) is 0 Å². The maximum atomic E-state index is 11.6. The molecule has 0 spiro atoms. The van der Waals surface area contributed by atoms with Gasteiger partial charge in [-0.05, 0) is 18.2 Å². The molecule has 0 fully saturated rings. The van der Waals surface area contributed by atoms with Crippen molar-refractivity contribution in [3.05, 3.63) is 87.7 Å². The highest BCUT2D eigenvalue weighted by Gasteiger charge is 2.33. The lowest BCUT2D eigenvalue weighted by atomic mass is 9.96. The van der Waals surface area contributed by atoms with Crippen LogP contribution in [0.5, 0.6) is 0 Å². The maximum absolute atomic E-state index is 11.6. The summed E-state index contributed by atoms with van der Waals surface area (Å²) in [7, 11) is 0. The van der Waals surface area contributed by atoms with Gasteiger partial charge in [-0.2, -0.15) is 0 Å². The highest BCUT2D eigenvalue weighted by atomic mass is 16.4. The molecule has 2 aromatic carbocycles. The topological polar surface area (TPSA) is 281 Å². The zero-order valence-electron chi connectivity index (χ0n) is 17.5. The smallest absolute Gasteiger partial charge is 0.347 e. The van der Waals surface area contributed by atoms with Gasteiger partial charge in [-0.3, -0.25) is 0 Å². The van der Waals surface area contributed by atoms with Crippen molar-refractivity contribution < 1.29 is 58.3 Å². The molecule has 0 aliphatic heterocycles. The van der Waals surface area contributed by atoms with Crippen LogP contribution in [0.25, 0.3) is 21.5 Å². The number of carbonyl (C=O) groups is 5. The van der Waals surface area contributed by atoms with E-state index in [4.69, 9.17) is 25.5 Å². The number of benzene rings is 2. The summed E-state index contributed by atoms with van der Waals surface area (Å²) < 4.78 is 8.43. The molecule has 0 saturated carbocycles. The van der Waals surface area contributed by atoms with E-state index in [0.717, 1.165) is 18.2 Å². The molecule has 4 rings (SSSR count). The molecule has 2 aromatic heterocycles. The molecule has 0 aliphatic rings. The van der Waals surface area contributed by atoms with Crippen LogP contribution in [0, 0.1) is 0 Å². The monoisotopic (exact) mass is 516 g/mol. The van der Waals surface area contributed by atoms with E-state index in [0.29, 0.717) is 0 Å². The number of carboxylic acids is 5. The van der Waals surface area contributed by atoms with Crippen molar-refractivity contribution in [3.8, 4) is 0 Å². The molecule has 16 heteroatoms. The molecule has 0 unspecified atom stereocenters. The van der Waals surface area contributed by atoms with E-state index in [1.54, 1.807) is 0 Å². The summed E-state index contributed by atoms with van der Waals surface area (Å²) >= 11 is 0. The first kappa shape index (κ1) is 25.7. The van der Waals surface area contributed by atoms with Crippen LogP contribution in [0.4, 0.5) is 0 Å². The Labute approximate surface area is 198 Å². The third-order valence-electron chi connectivity index (χ3n) is 4.79. The molecule has 37 heavy (non-hydrogen) atoms. The fourth-order valence-electron chi connectivity index (χ4n) is 3.36. The molecule has 0 atom stereocenters. The summed E-state index contributed by atoms with van der Waals surface area (Å²) in [5, 5.41) is 40.8. The van der Waals surface area contributed by atoms with Crippen LogP contribution in [0.15, 0.2) is 46.2 Å². The lowest BCUT2D eigenvalue weighted by molar-refractivity contribution is 0.0655. The first-order valence-electron chi connectivity index (χ1n) is 9.25. The van der Waals surface area contributed by atoms with Crippen molar-refractivity contribution in [1.82, 2.24) is 0 Å².